The summed E-state index contributed by atoms with van der Waals surface area (Å²) in [5.41, 5.74) is 1.83. The Morgan fingerprint density at radius 2 is 2.00 bits per heavy atom. The van der Waals surface area contributed by atoms with Crippen LogP contribution in [0.4, 0.5) is 0 Å². The molecule has 0 N–H and O–H groups in total. The van der Waals surface area contributed by atoms with Crippen molar-refractivity contribution in [1.82, 2.24) is 5.16 Å². The van der Waals surface area contributed by atoms with Gasteiger partial charge in [-0.3, -0.25) is 4.79 Å². The van der Waals surface area contributed by atoms with Gasteiger partial charge in [0.1, 0.15) is 11.3 Å². The van der Waals surface area contributed by atoms with Crippen LogP contribution in [-0.2, 0) is 0 Å². The average Bonchev–Trinajstić information content (AvgIpc) is 3.08. The zero-order valence-electron chi connectivity index (χ0n) is 9.02. The lowest BCUT2D eigenvalue weighted by Gasteiger charge is -1.98. The molecule has 1 saturated carbocycles. The highest BCUT2D eigenvalue weighted by atomic mass is 35.5. The summed E-state index contributed by atoms with van der Waals surface area (Å²) >= 11 is 5.64. The predicted molar refractivity (Wildman–Crippen MR) is 64.1 cm³/mol. The average molecular weight is 248 g/mol. The smallest absolute Gasteiger partial charge is 0.258 e. The third-order valence-corrected chi connectivity index (χ3v) is 3.10. The van der Waals surface area contributed by atoms with Crippen LogP contribution in [0, 0.1) is 0 Å². The fourth-order valence-corrected chi connectivity index (χ4v) is 2.09. The molecule has 86 valence electrons. The topological polar surface area (TPSA) is 43.1 Å². The third-order valence-electron chi connectivity index (χ3n) is 2.91. The predicted octanol–water partition coefficient (Wildman–Crippen LogP) is 3.60. The largest absolute Gasteiger partial charge is 0.360 e. The van der Waals surface area contributed by atoms with Crippen molar-refractivity contribution in [3.05, 3.63) is 41.7 Å². The number of carbonyl (C=O) groups is 1. The van der Waals surface area contributed by atoms with Crippen LogP contribution in [-0.4, -0.2) is 10.4 Å². The van der Waals surface area contributed by atoms with Crippen molar-refractivity contribution in [2.45, 2.75) is 18.8 Å². The summed E-state index contributed by atoms with van der Waals surface area (Å²) in [7, 11) is 0. The number of nitrogens with zero attached hydrogens (tertiary/aromatic N) is 1. The van der Waals surface area contributed by atoms with Crippen molar-refractivity contribution in [2.75, 3.05) is 0 Å². The molecule has 0 unspecified atom stereocenters. The Morgan fingerprint density at radius 3 is 2.59 bits per heavy atom. The zero-order chi connectivity index (χ0) is 11.8. The molecule has 1 aliphatic carbocycles. The molecule has 2 aromatic rings. The van der Waals surface area contributed by atoms with Gasteiger partial charge in [0.2, 0.25) is 0 Å². The van der Waals surface area contributed by atoms with Crippen LogP contribution in [0.25, 0.3) is 11.3 Å². The standard InChI is InChI=1S/C13H10ClNO2/c14-13(16)10-11(8-4-2-1-3-5-8)15-17-12(10)9-6-7-9/h1-5,9H,6-7H2. The van der Waals surface area contributed by atoms with Crippen LogP contribution in [0.5, 0.6) is 0 Å². The van der Waals surface area contributed by atoms with E-state index in [0.717, 1.165) is 18.4 Å². The summed E-state index contributed by atoms with van der Waals surface area (Å²) in [5.74, 6) is 0.960. The van der Waals surface area contributed by atoms with E-state index in [4.69, 9.17) is 16.1 Å². The summed E-state index contributed by atoms with van der Waals surface area (Å²) in [4.78, 5) is 11.5. The quantitative estimate of drug-likeness (QED) is 0.779. The molecule has 0 saturated heterocycles. The molecule has 17 heavy (non-hydrogen) atoms. The first-order chi connectivity index (χ1) is 8.27. The monoisotopic (exact) mass is 247 g/mol. The Kier molecular flexibility index (Phi) is 2.48. The van der Waals surface area contributed by atoms with Gasteiger partial charge < -0.3 is 4.52 Å². The Labute approximate surface area is 103 Å². The molecule has 1 aromatic carbocycles. The minimum atomic E-state index is -0.494. The van der Waals surface area contributed by atoms with E-state index in [9.17, 15) is 4.79 Å². The van der Waals surface area contributed by atoms with Gasteiger partial charge in [0, 0.05) is 11.5 Å². The molecule has 4 heteroatoms. The summed E-state index contributed by atoms with van der Waals surface area (Å²) in [5, 5.41) is 3.50. The van der Waals surface area contributed by atoms with Crippen molar-refractivity contribution in [3.63, 3.8) is 0 Å². The minimum Gasteiger partial charge on any atom is -0.360 e. The molecule has 1 heterocycles. The highest BCUT2D eigenvalue weighted by molar-refractivity contribution is 6.68. The van der Waals surface area contributed by atoms with Gasteiger partial charge in [-0.05, 0) is 24.4 Å². The van der Waals surface area contributed by atoms with Gasteiger partial charge in [0.15, 0.2) is 5.76 Å². The summed E-state index contributed by atoms with van der Waals surface area (Å²) in [6.07, 6.45) is 2.08. The van der Waals surface area contributed by atoms with E-state index in [1.165, 1.54) is 0 Å². The van der Waals surface area contributed by atoms with E-state index >= 15 is 0 Å². The van der Waals surface area contributed by atoms with Gasteiger partial charge in [0.05, 0.1) is 0 Å². The summed E-state index contributed by atoms with van der Waals surface area (Å²) in [6.45, 7) is 0. The maximum Gasteiger partial charge on any atom is 0.258 e. The molecule has 1 aliphatic rings. The number of hydrogen-bond acceptors (Lipinski definition) is 3. The first-order valence-electron chi connectivity index (χ1n) is 5.52. The SMILES string of the molecule is O=C(Cl)c1c(-c2ccccc2)noc1C1CC1. The number of hydrogen-bond donors (Lipinski definition) is 0. The van der Waals surface area contributed by atoms with E-state index in [-0.39, 0.29) is 0 Å². The van der Waals surface area contributed by atoms with E-state index in [1.54, 1.807) is 0 Å². The zero-order valence-corrected chi connectivity index (χ0v) is 9.78. The fourth-order valence-electron chi connectivity index (χ4n) is 1.91. The van der Waals surface area contributed by atoms with Gasteiger partial charge in [-0.1, -0.05) is 35.5 Å². The van der Waals surface area contributed by atoms with Crippen LogP contribution in [0.1, 0.15) is 34.9 Å². The maximum absolute atomic E-state index is 11.5. The van der Waals surface area contributed by atoms with Crippen LogP contribution in [0.3, 0.4) is 0 Å². The number of aromatic nitrogens is 1. The highest BCUT2D eigenvalue weighted by Gasteiger charge is 2.34. The van der Waals surface area contributed by atoms with Gasteiger partial charge in [-0.2, -0.15) is 0 Å². The molecular formula is C13H10ClNO2. The van der Waals surface area contributed by atoms with E-state index < -0.39 is 5.24 Å². The number of carbonyl (C=O) groups excluding carboxylic acids is 1. The first kappa shape index (κ1) is 10.5. The Morgan fingerprint density at radius 1 is 1.29 bits per heavy atom. The van der Waals surface area contributed by atoms with Crippen LogP contribution in [0.15, 0.2) is 34.9 Å². The van der Waals surface area contributed by atoms with Crippen molar-refractivity contribution in [2.24, 2.45) is 0 Å². The molecule has 3 nitrogen and oxygen atoms in total. The second-order valence-corrected chi connectivity index (χ2v) is 4.53. The summed E-state index contributed by atoms with van der Waals surface area (Å²) in [6, 6.07) is 9.47. The molecule has 0 radical (unpaired) electrons. The van der Waals surface area contributed by atoms with Crippen molar-refractivity contribution >= 4 is 16.8 Å². The van der Waals surface area contributed by atoms with Crippen LogP contribution < -0.4 is 0 Å². The fraction of sp³-hybridized carbons (Fsp3) is 0.231. The van der Waals surface area contributed by atoms with Crippen LogP contribution in [0.2, 0.25) is 0 Å². The first-order valence-corrected chi connectivity index (χ1v) is 5.90. The maximum atomic E-state index is 11.5. The molecule has 0 spiro atoms. The van der Waals surface area contributed by atoms with E-state index in [1.807, 2.05) is 30.3 Å². The van der Waals surface area contributed by atoms with Crippen LogP contribution >= 0.6 is 11.6 Å². The Bertz CT molecular complexity index is 558. The normalized spacial score (nSPS) is 14.9. The molecule has 0 bridgehead atoms. The molecule has 3 rings (SSSR count). The van der Waals surface area contributed by atoms with E-state index in [0.29, 0.717) is 22.9 Å². The van der Waals surface area contributed by atoms with Gasteiger partial charge >= 0.3 is 0 Å². The second kappa shape index (κ2) is 4.00. The van der Waals surface area contributed by atoms with Gasteiger partial charge in [-0.25, -0.2) is 0 Å². The number of rotatable bonds is 3. The van der Waals surface area contributed by atoms with E-state index in [2.05, 4.69) is 5.16 Å². The van der Waals surface area contributed by atoms with Crippen molar-refractivity contribution in [3.8, 4) is 11.3 Å². The van der Waals surface area contributed by atoms with Crippen molar-refractivity contribution in [1.29, 1.82) is 0 Å². The summed E-state index contributed by atoms with van der Waals surface area (Å²) < 4.78 is 5.28. The second-order valence-electron chi connectivity index (χ2n) is 4.18. The molecule has 1 aromatic heterocycles. The lowest BCUT2D eigenvalue weighted by molar-refractivity contribution is 0.108. The van der Waals surface area contributed by atoms with Gasteiger partial charge in [-0.15, -0.1) is 0 Å². The lowest BCUT2D eigenvalue weighted by Crippen LogP contribution is -1.94. The number of benzene rings is 1. The Hall–Kier alpha value is -1.61. The Balaban J connectivity index is 2.14. The third kappa shape index (κ3) is 1.87. The molecule has 0 amide bonds. The van der Waals surface area contributed by atoms with Gasteiger partial charge in [0.25, 0.3) is 5.24 Å². The minimum absolute atomic E-state index is 0.317. The highest BCUT2D eigenvalue weighted by Crippen LogP contribution is 2.44. The molecule has 0 aliphatic heterocycles. The molecule has 0 atom stereocenters. The molecule has 1 fully saturated rings. The van der Waals surface area contributed by atoms with Crippen molar-refractivity contribution < 1.29 is 9.32 Å². The number of halogens is 1. The molecular weight excluding hydrogens is 238 g/mol. The lowest BCUT2D eigenvalue weighted by atomic mass is 10.1.